The lowest BCUT2D eigenvalue weighted by Gasteiger charge is -2.26. The second-order valence-electron chi connectivity index (χ2n) is 7.60. The van der Waals surface area contributed by atoms with E-state index in [9.17, 15) is 9.59 Å². The van der Waals surface area contributed by atoms with Crippen LogP contribution >= 0.6 is 0 Å². The van der Waals surface area contributed by atoms with Gasteiger partial charge in [-0.05, 0) is 50.2 Å². The Morgan fingerprint density at radius 3 is 2.53 bits per heavy atom. The van der Waals surface area contributed by atoms with Crippen LogP contribution in [0.25, 0.3) is 16.5 Å². The predicted molar refractivity (Wildman–Crippen MR) is 123 cm³/mol. The number of nitrogens with one attached hydrogen (secondary N) is 1. The van der Waals surface area contributed by atoms with Gasteiger partial charge in [-0.25, -0.2) is 0 Å². The van der Waals surface area contributed by atoms with E-state index in [0.29, 0.717) is 35.4 Å². The maximum atomic E-state index is 13.1. The summed E-state index contributed by atoms with van der Waals surface area (Å²) < 4.78 is 12.1. The molecule has 0 spiro atoms. The first-order chi connectivity index (χ1) is 15.7. The summed E-state index contributed by atoms with van der Waals surface area (Å²) in [6, 6.07) is 14.2. The molecule has 0 unspecified atom stereocenters. The van der Waals surface area contributed by atoms with Gasteiger partial charge in [0.1, 0.15) is 5.75 Å². The molecule has 1 fully saturated rings. The Morgan fingerprint density at radius 1 is 1.09 bits per heavy atom. The molecule has 8 heteroatoms. The molecule has 0 bridgehead atoms. The molecule has 1 amide bonds. The number of aromatic nitrogens is 2. The van der Waals surface area contributed by atoms with Crippen LogP contribution in [0.1, 0.15) is 23.8 Å². The van der Waals surface area contributed by atoms with Crippen LogP contribution in [0.15, 0.2) is 53.3 Å². The van der Waals surface area contributed by atoms with E-state index in [1.807, 2.05) is 6.92 Å². The van der Waals surface area contributed by atoms with Gasteiger partial charge in [-0.2, -0.15) is 9.78 Å². The van der Waals surface area contributed by atoms with Crippen molar-refractivity contribution in [2.75, 3.05) is 46.0 Å². The van der Waals surface area contributed by atoms with Gasteiger partial charge in [0.05, 0.1) is 30.9 Å². The van der Waals surface area contributed by atoms with Crippen molar-refractivity contribution in [3.8, 4) is 11.4 Å². The fourth-order valence-electron chi connectivity index (χ4n) is 3.80. The number of morpholine rings is 1. The van der Waals surface area contributed by atoms with Crippen molar-refractivity contribution < 1.29 is 14.3 Å². The number of carbonyl (C=O) groups excluding carboxylic acids is 1. The Hall–Kier alpha value is -3.23. The third kappa shape index (κ3) is 4.98. The number of hydrogen-bond donors (Lipinski definition) is 1. The topological polar surface area (TPSA) is 85.7 Å². The second-order valence-corrected chi connectivity index (χ2v) is 7.60. The third-order valence-corrected chi connectivity index (χ3v) is 5.45. The maximum absolute atomic E-state index is 13.1. The molecule has 0 radical (unpaired) electrons. The molecule has 1 aromatic heterocycles. The highest BCUT2D eigenvalue weighted by atomic mass is 16.5. The van der Waals surface area contributed by atoms with E-state index in [1.165, 1.54) is 4.68 Å². The molecule has 3 aromatic rings. The van der Waals surface area contributed by atoms with Gasteiger partial charge >= 0.3 is 0 Å². The molecule has 1 aliphatic rings. The van der Waals surface area contributed by atoms with Gasteiger partial charge in [-0.3, -0.25) is 14.5 Å². The van der Waals surface area contributed by atoms with Crippen molar-refractivity contribution in [2.24, 2.45) is 0 Å². The molecule has 0 saturated carbocycles. The van der Waals surface area contributed by atoms with Crippen molar-refractivity contribution in [1.29, 1.82) is 0 Å². The van der Waals surface area contributed by atoms with E-state index in [-0.39, 0.29) is 17.2 Å². The largest absolute Gasteiger partial charge is 0.494 e. The number of hydrogen-bond acceptors (Lipinski definition) is 6. The molecule has 0 aliphatic carbocycles. The van der Waals surface area contributed by atoms with Gasteiger partial charge in [0, 0.05) is 25.0 Å². The second kappa shape index (κ2) is 10.4. The Kier molecular flexibility index (Phi) is 7.14. The first-order valence-corrected chi connectivity index (χ1v) is 11.0. The van der Waals surface area contributed by atoms with Gasteiger partial charge in [0.15, 0.2) is 5.69 Å². The van der Waals surface area contributed by atoms with Gasteiger partial charge in [-0.1, -0.05) is 18.2 Å². The molecule has 2 heterocycles. The minimum Gasteiger partial charge on any atom is -0.494 e. The van der Waals surface area contributed by atoms with Gasteiger partial charge in [0.25, 0.3) is 11.5 Å². The van der Waals surface area contributed by atoms with Crippen LogP contribution < -0.4 is 15.6 Å². The van der Waals surface area contributed by atoms with E-state index >= 15 is 0 Å². The monoisotopic (exact) mass is 436 g/mol. The first-order valence-electron chi connectivity index (χ1n) is 11.0. The van der Waals surface area contributed by atoms with E-state index in [0.717, 1.165) is 39.3 Å². The summed E-state index contributed by atoms with van der Waals surface area (Å²) >= 11 is 0. The molecular formula is C24H28N4O4. The van der Waals surface area contributed by atoms with Crippen molar-refractivity contribution in [1.82, 2.24) is 20.0 Å². The van der Waals surface area contributed by atoms with Gasteiger partial charge in [-0.15, -0.1) is 0 Å². The SMILES string of the molecule is CCOc1ccc(-n2nc(C(=O)NCCCN3CCOCC3)c3ccccc3c2=O)cc1. The zero-order valence-corrected chi connectivity index (χ0v) is 18.3. The molecule has 1 saturated heterocycles. The molecule has 32 heavy (non-hydrogen) atoms. The number of ether oxygens (including phenoxy) is 2. The van der Waals surface area contributed by atoms with Crippen LogP contribution in [0.5, 0.6) is 5.75 Å². The van der Waals surface area contributed by atoms with Gasteiger partial charge in [0.2, 0.25) is 0 Å². The number of nitrogens with zero attached hydrogens (tertiary/aromatic N) is 3. The van der Waals surface area contributed by atoms with E-state index in [4.69, 9.17) is 9.47 Å². The summed E-state index contributed by atoms with van der Waals surface area (Å²) in [5.41, 5.74) is 0.541. The minimum atomic E-state index is -0.289. The zero-order valence-electron chi connectivity index (χ0n) is 18.3. The maximum Gasteiger partial charge on any atom is 0.279 e. The number of amides is 1. The standard InChI is InChI=1S/C24H28N4O4/c1-2-32-19-10-8-18(9-11-19)28-24(30)21-7-4-3-6-20(21)22(26-28)23(29)25-12-5-13-27-14-16-31-17-15-27/h3-4,6-11H,2,5,12-17H2,1H3,(H,25,29). The minimum absolute atomic E-state index is 0.237. The van der Waals surface area contributed by atoms with Crippen LogP contribution in [-0.4, -0.2) is 66.6 Å². The highest BCUT2D eigenvalue weighted by molar-refractivity contribution is 6.04. The molecule has 8 nitrogen and oxygen atoms in total. The smallest absolute Gasteiger partial charge is 0.279 e. The Bertz CT molecular complexity index is 1120. The quantitative estimate of drug-likeness (QED) is 0.545. The van der Waals surface area contributed by atoms with Crippen molar-refractivity contribution in [3.63, 3.8) is 0 Å². The van der Waals surface area contributed by atoms with Crippen molar-refractivity contribution in [2.45, 2.75) is 13.3 Å². The number of fused-ring (bicyclic) bond motifs is 1. The predicted octanol–water partition coefficient (Wildman–Crippen LogP) is 2.24. The number of benzene rings is 2. The molecule has 2 aromatic carbocycles. The lowest BCUT2D eigenvalue weighted by Crippen LogP contribution is -2.38. The van der Waals surface area contributed by atoms with Crippen LogP contribution in [0.3, 0.4) is 0 Å². The average Bonchev–Trinajstić information content (AvgIpc) is 2.84. The van der Waals surface area contributed by atoms with E-state index in [1.54, 1.807) is 48.5 Å². The lowest BCUT2D eigenvalue weighted by molar-refractivity contribution is 0.0374. The summed E-state index contributed by atoms with van der Waals surface area (Å²) in [6.07, 6.45) is 0.836. The van der Waals surface area contributed by atoms with E-state index in [2.05, 4.69) is 15.3 Å². The third-order valence-electron chi connectivity index (χ3n) is 5.45. The zero-order chi connectivity index (χ0) is 22.3. The summed E-state index contributed by atoms with van der Waals surface area (Å²) in [6.45, 7) is 7.28. The molecule has 0 atom stereocenters. The molecule has 1 aliphatic heterocycles. The summed E-state index contributed by atoms with van der Waals surface area (Å²) in [4.78, 5) is 28.4. The molecule has 168 valence electrons. The molecule has 4 rings (SSSR count). The van der Waals surface area contributed by atoms with Crippen molar-refractivity contribution >= 4 is 16.7 Å². The normalized spacial score (nSPS) is 14.4. The fraction of sp³-hybridized carbons (Fsp3) is 0.375. The van der Waals surface area contributed by atoms with Crippen LogP contribution in [0.4, 0.5) is 0 Å². The highest BCUT2D eigenvalue weighted by Gasteiger charge is 2.17. The Labute approximate surface area is 186 Å². The van der Waals surface area contributed by atoms with Gasteiger partial charge < -0.3 is 14.8 Å². The Balaban J connectivity index is 1.55. The first kappa shape index (κ1) is 22.0. The summed E-state index contributed by atoms with van der Waals surface area (Å²) in [7, 11) is 0. The molecule has 1 N–H and O–H groups in total. The fourth-order valence-corrected chi connectivity index (χ4v) is 3.80. The van der Waals surface area contributed by atoms with E-state index < -0.39 is 0 Å². The summed E-state index contributed by atoms with van der Waals surface area (Å²) in [5, 5.41) is 8.40. The molecular weight excluding hydrogens is 408 g/mol. The lowest BCUT2D eigenvalue weighted by atomic mass is 10.1. The summed E-state index contributed by atoms with van der Waals surface area (Å²) in [5.74, 6) is 0.422. The number of carbonyl (C=O) groups is 1. The van der Waals surface area contributed by atoms with Crippen LogP contribution in [-0.2, 0) is 4.74 Å². The van der Waals surface area contributed by atoms with Crippen LogP contribution in [0, 0.1) is 0 Å². The average molecular weight is 437 g/mol. The van der Waals surface area contributed by atoms with Crippen molar-refractivity contribution in [3.05, 3.63) is 64.6 Å². The Morgan fingerprint density at radius 2 is 1.81 bits per heavy atom. The number of rotatable bonds is 8. The van der Waals surface area contributed by atoms with Crippen LogP contribution in [0.2, 0.25) is 0 Å². The highest BCUT2D eigenvalue weighted by Crippen LogP contribution is 2.17.